The van der Waals surface area contributed by atoms with Gasteiger partial charge in [0.2, 0.25) is 11.8 Å². The van der Waals surface area contributed by atoms with E-state index in [4.69, 9.17) is 11.6 Å². The van der Waals surface area contributed by atoms with Gasteiger partial charge in [-0.05, 0) is 35.4 Å². The average Bonchev–Trinajstić information content (AvgIpc) is 3.17. The van der Waals surface area contributed by atoms with E-state index >= 15 is 0 Å². The summed E-state index contributed by atoms with van der Waals surface area (Å²) in [6.07, 6.45) is 3.68. The van der Waals surface area contributed by atoms with Gasteiger partial charge in [-0.25, -0.2) is 9.29 Å². The van der Waals surface area contributed by atoms with E-state index in [0.717, 1.165) is 22.1 Å². The van der Waals surface area contributed by atoms with E-state index < -0.39 is 41.6 Å². The number of halogens is 2. The third-order valence-corrected chi connectivity index (χ3v) is 6.04. The van der Waals surface area contributed by atoms with Crippen molar-refractivity contribution in [3.63, 3.8) is 0 Å². The number of hydrogen-bond donors (Lipinski definition) is 0. The van der Waals surface area contributed by atoms with Gasteiger partial charge in [0.15, 0.2) is 0 Å². The van der Waals surface area contributed by atoms with Crippen LogP contribution in [0.4, 0.5) is 10.1 Å². The molecule has 4 atom stereocenters. The van der Waals surface area contributed by atoms with Crippen molar-refractivity contribution in [3.8, 4) is 6.07 Å². The Morgan fingerprint density at radius 1 is 1.07 bits per heavy atom. The third-order valence-electron chi connectivity index (χ3n) is 5.76. The summed E-state index contributed by atoms with van der Waals surface area (Å²) in [5.41, 5.74) is 2.10. The second-order valence-corrected chi connectivity index (χ2v) is 7.48. The maximum Gasteiger partial charge on any atom is 0.240 e. The predicted octanol–water partition coefficient (Wildman–Crippen LogP) is 3.52. The maximum absolute atomic E-state index is 13.5. The van der Waals surface area contributed by atoms with Gasteiger partial charge in [-0.1, -0.05) is 35.9 Å². The monoisotopic (exact) mass is 393 g/mol. The number of amides is 2. The molecular formula is C21H13ClFN3O2. The van der Waals surface area contributed by atoms with Gasteiger partial charge in [0.05, 0.1) is 34.7 Å². The van der Waals surface area contributed by atoms with Crippen molar-refractivity contribution in [2.24, 2.45) is 11.8 Å². The molecule has 2 aromatic carbocycles. The number of rotatable bonds is 1. The number of fused-ring (bicyclic) bond motifs is 5. The standard InChI is InChI=1S/C21H13ClFN3O2/c22-14-9-12(5-6-15(14)23)26-20(27)17-16(10-24)25-8-7-11-3-1-2-4-13(11)19(25)18(17)21(26)28/h1-9,16-19H/t16-,17+,18+,19?/m1/s1. The summed E-state index contributed by atoms with van der Waals surface area (Å²) in [7, 11) is 0. The molecule has 0 radical (unpaired) electrons. The Hall–Kier alpha value is -3.17. The Morgan fingerprint density at radius 2 is 1.82 bits per heavy atom. The predicted molar refractivity (Wildman–Crippen MR) is 100 cm³/mol. The minimum atomic E-state index is -0.790. The van der Waals surface area contributed by atoms with Crippen LogP contribution in [0, 0.1) is 29.0 Å². The van der Waals surface area contributed by atoms with Crippen molar-refractivity contribution in [2.75, 3.05) is 4.90 Å². The van der Waals surface area contributed by atoms with Crippen LogP contribution in [0.3, 0.4) is 0 Å². The molecule has 5 nitrogen and oxygen atoms in total. The fourth-order valence-corrected chi connectivity index (χ4v) is 4.76. The van der Waals surface area contributed by atoms with Crippen LogP contribution < -0.4 is 4.90 Å². The first-order chi connectivity index (χ1) is 13.5. The minimum Gasteiger partial charge on any atom is -0.353 e. The Balaban J connectivity index is 1.63. The summed E-state index contributed by atoms with van der Waals surface area (Å²) in [5.74, 6) is -2.95. The van der Waals surface area contributed by atoms with Crippen LogP contribution >= 0.6 is 11.6 Å². The molecule has 2 fully saturated rings. The molecular weight excluding hydrogens is 381 g/mol. The van der Waals surface area contributed by atoms with Crippen LogP contribution in [-0.4, -0.2) is 22.8 Å². The molecule has 2 amide bonds. The van der Waals surface area contributed by atoms with E-state index in [1.165, 1.54) is 12.1 Å². The molecule has 5 rings (SSSR count). The van der Waals surface area contributed by atoms with Crippen LogP contribution in [0.5, 0.6) is 0 Å². The number of carbonyl (C=O) groups excluding carboxylic acids is 2. The summed E-state index contributed by atoms with van der Waals surface area (Å²) in [6, 6.07) is 12.4. The summed E-state index contributed by atoms with van der Waals surface area (Å²) >= 11 is 5.85. The molecule has 0 aliphatic carbocycles. The zero-order chi connectivity index (χ0) is 19.6. The summed E-state index contributed by atoms with van der Waals surface area (Å²) in [5, 5.41) is 9.60. The van der Waals surface area contributed by atoms with Gasteiger partial charge in [0.1, 0.15) is 11.9 Å². The molecule has 0 aromatic heterocycles. The van der Waals surface area contributed by atoms with E-state index in [9.17, 15) is 19.2 Å². The van der Waals surface area contributed by atoms with Crippen LogP contribution in [0.25, 0.3) is 6.08 Å². The molecule has 7 heteroatoms. The van der Waals surface area contributed by atoms with Gasteiger partial charge in [-0.2, -0.15) is 5.26 Å². The molecule has 2 saturated heterocycles. The number of nitrogens with zero attached hydrogens (tertiary/aromatic N) is 3. The van der Waals surface area contributed by atoms with Gasteiger partial charge in [0.25, 0.3) is 0 Å². The van der Waals surface area contributed by atoms with Crippen LogP contribution in [0.15, 0.2) is 48.7 Å². The number of anilines is 1. The fourth-order valence-electron chi connectivity index (χ4n) is 4.58. The van der Waals surface area contributed by atoms with Crippen molar-refractivity contribution in [1.29, 1.82) is 5.26 Å². The second-order valence-electron chi connectivity index (χ2n) is 7.07. The van der Waals surface area contributed by atoms with Crippen molar-refractivity contribution in [2.45, 2.75) is 12.1 Å². The van der Waals surface area contributed by atoms with Gasteiger partial charge in [-0.15, -0.1) is 0 Å². The van der Waals surface area contributed by atoms with E-state index in [1.54, 1.807) is 6.20 Å². The van der Waals surface area contributed by atoms with Gasteiger partial charge >= 0.3 is 0 Å². The quantitative estimate of drug-likeness (QED) is 0.695. The number of carbonyl (C=O) groups is 2. The Labute approximate surface area is 165 Å². The lowest BCUT2D eigenvalue weighted by atomic mass is 9.85. The first-order valence-corrected chi connectivity index (χ1v) is 9.18. The Morgan fingerprint density at radius 3 is 2.57 bits per heavy atom. The maximum atomic E-state index is 13.5. The fraction of sp³-hybridized carbons (Fsp3) is 0.190. The van der Waals surface area contributed by atoms with Crippen LogP contribution in [-0.2, 0) is 9.59 Å². The van der Waals surface area contributed by atoms with E-state index in [2.05, 4.69) is 6.07 Å². The third kappa shape index (κ3) is 2.11. The van der Waals surface area contributed by atoms with Crippen molar-refractivity contribution in [1.82, 2.24) is 4.90 Å². The van der Waals surface area contributed by atoms with E-state index in [1.807, 2.05) is 35.2 Å². The Bertz CT molecular complexity index is 1110. The molecule has 138 valence electrons. The van der Waals surface area contributed by atoms with Crippen molar-refractivity contribution in [3.05, 3.63) is 70.6 Å². The van der Waals surface area contributed by atoms with Crippen LogP contribution in [0.1, 0.15) is 17.2 Å². The lowest BCUT2D eigenvalue weighted by Gasteiger charge is -2.33. The molecule has 3 heterocycles. The van der Waals surface area contributed by atoms with Gasteiger partial charge < -0.3 is 4.90 Å². The number of nitriles is 1. The summed E-state index contributed by atoms with van der Waals surface area (Å²) in [6.45, 7) is 0. The molecule has 0 spiro atoms. The van der Waals surface area contributed by atoms with Crippen molar-refractivity contribution >= 4 is 35.2 Å². The molecule has 0 N–H and O–H groups in total. The molecule has 28 heavy (non-hydrogen) atoms. The Kier molecular flexibility index (Phi) is 3.58. The SMILES string of the molecule is N#C[C@@H]1[C@@H]2C(=O)N(c3ccc(F)c(Cl)c3)C(=O)[C@@H]2C2c3ccccc3C=CN21. The van der Waals surface area contributed by atoms with Crippen molar-refractivity contribution < 1.29 is 14.0 Å². The number of benzene rings is 2. The highest BCUT2D eigenvalue weighted by Gasteiger charge is 2.63. The zero-order valence-electron chi connectivity index (χ0n) is 14.4. The second kappa shape index (κ2) is 5.91. The highest BCUT2D eigenvalue weighted by Crippen LogP contribution is 2.52. The largest absolute Gasteiger partial charge is 0.353 e. The molecule has 2 aromatic rings. The smallest absolute Gasteiger partial charge is 0.240 e. The van der Waals surface area contributed by atoms with E-state index in [-0.39, 0.29) is 10.7 Å². The summed E-state index contributed by atoms with van der Waals surface area (Å²) < 4.78 is 13.5. The minimum absolute atomic E-state index is 0.167. The van der Waals surface area contributed by atoms with Gasteiger partial charge in [-0.3, -0.25) is 9.59 Å². The zero-order valence-corrected chi connectivity index (χ0v) is 15.2. The normalized spacial score (nSPS) is 27.5. The first-order valence-electron chi connectivity index (χ1n) is 8.80. The number of hydrogen-bond acceptors (Lipinski definition) is 4. The highest BCUT2D eigenvalue weighted by molar-refractivity contribution is 6.31. The molecule has 1 unspecified atom stereocenters. The summed E-state index contributed by atoms with van der Waals surface area (Å²) in [4.78, 5) is 29.4. The molecule has 3 aliphatic rings. The lowest BCUT2D eigenvalue weighted by Crippen LogP contribution is -2.40. The highest BCUT2D eigenvalue weighted by atomic mass is 35.5. The van der Waals surface area contributed by atoms with E-state index in [0.29, 0.717) is 0 Å². The topological polar surface area (TPSA) is 64.4 Å². The average molecular weight is 394 g/mol. The molecule has 0 bridgehead atoms. The van der Waals surface area contributed by atoms with Gasteiger partial charge in [0, 0.05) is 6.20 Å². The van der Waals surface area contributed by atoms with Crippen LogP contribution in [0.2, 0.25) is 5.02 Å². The lowest BCUT2D eigenvalue weighted by molar-refractivity contribution is -0.123. The first kappa shape index (κ1) is 17.0. The number of imide groups is 1. The molecule has 3 aliphatic heterocycles. The molecule has 0 saturated carbocycles.